The van der Waals surface area contributed by atoms with E-state index in [1.54, 1.807) is 6.07 Å². The first kappa shape index (κ1) is 14.0. The molecule has 0 radical (unpaired) electrons. The van der Waals surface area contributed by atoms with Crippen LogP contribution in [0.25, 0.3) is 0 Å². The molecule has 18 heavy (non-hydrogen) atoms. The van der Waals surface area contributed by atoms with Gasteiger partial charge in [-0.05, 0) is 36.7 Å². The van der Waals surface area contributed by atoms with E-state index in [4.69, 9.17) is 17.4 Å². The molecular weight excluding hydrogens is 233 g/mol. The van der Waals surface area contributed by atoms with E-state index in [2.05, 4.69) is 16.4 Å². The molecule has 0 aliphatic carbocycles. The number of nitrogens with two attached hydrogens (primary N) is 1. The van der Waals surface area contributed by atoms with Crippen LogP contribution in [0.3, 0.4) is 0 Å². The second-order valence-corrected chi connectivity index (χ2v) is 3.82. The van der Waals surface area contributed by atoms with Gasteiger partial charge in [-0.1, -0.05) is 5.16 Å². The van der Waals surface area contributed by atoms with Crippen LogP contribution in [-0.2, 0) is 6.54 Å². The summed E-state index contributed by atoms with van der Waals surface area (Å²) in [7, 11) is 0. The Labute approximate surface area is 106 Å². The van der Waals surface area contributed by atoms with Crippen LogP contribution in [0.2, 0.25) is 0 Å². The number of hydrogen-bond acceptors (Lipinski definition) is 3. The Balaban J connectivity index is 2.61. The van der Waals surface area contributed by atoms with Crippen LogP contribution in [0.4, 0.5) is 4.39 Å². The van der Waals surface area contributed by atoms with Crippen molar-refractivity contribution in [2.45, 2.75) is 19.4 Å². The first-order valence-electron chi connectivity index (χ1n) is 5.59. The molecule has 96 valence electrons. The van der Waals surface area contributed by atoms with Crippen molar-refractivity contribution in [3.63, 3.8) is 0 Å². The van der Waals surface area contributed by atoms with Crippen molar-refractivity contribution in [3.05, 3.63) is 35.1 Å². The minimum Gasteiger partial charge on any atom is -0.409 e. The molecule has 0 aromatic heterocycles. The Morgan fingerprint density at radius 3 is 2.94 bits per heavy atom. The van der Waals surface area contributed by atoms with E-state index in [1.165, 1.54) is 12.1 Å². The maximum atomic E-state index is 13.3. The summed E-state index contributed by atoms with van der Waals surface area (Å²) in [4.78, 5) is 0. The standard InChI is InChI=1S/C13H16FN3O/c1-2-3-4-5-16-9-10-6-11(13(15)17-18)8-12(14)7-10/h1,6-8,16,18H,3-5,9H2,(H2,15,17). The lowest BCUT2D eigenvalue weighted by atomic mass is 10.1. The van der Waals surface area contributed by atoms with E-state index in [-0.39, 0.29) is 5.84 Å². The van der Waals surface area contributed by atoms with Crippen molar-refractivity contribution in [2.75, 3.05) is 6.54 Å². The van der Waals surface area contributed by atoms with E-state index in [0.29, 0.717) is 18.5 Å². The summed E-state index contributed by atoms with van der Waals surface area (Å²) in [6.45, 7) is 1.27. The number of halogens is 1. The maximum absolute atomic E-state index is 13.3. The van der Waals surface area contributed by atoms with Gasteiger partial charge in [-0.25, -0.2) is 4.39 Å². The van der Waals surface area contributed by atoms with Gasteiger partial charge in [0.1, 0.15) is 5.82 Å². The summed E-state index contributed by atoms with van der Waals surface area (Å²) in [5.74, 6) is 2.02. The van der Waals surface area contributed by atoms with Gasteiger partial charge in [-0.2, -0.15) is 0 Å². The maximum Gasteiger partial charge on any atom is 0.170 e. The predicted molar refractivity (Wildman–Crippen MR) is 68.7 cm³/mol. The molecule has 0 aliphatic rings. The van der Waals surface area contributed by atoms with Gasteiger partial charge in [-0.15, -0.1) is 12.3 Å². The summed E-state index contributed by atoms with van der Waals surface area (Å²) < 4.78 is 13.3. The van der Waals surface area contributed by atoms with Crippen LogP contribution in [0.15, 0.2) is 23.4 Å². The minimum atomic E-state index is -0.417. The van der Waals surface area contributed by atoms with Gasteiger partial charge in [0.05, 0.1) is 0 Å². The number of amidine groups is 1. The second kappa shape index (κ2) is 7.30. The van der Waals surface area contributed by atoms with E-state index < -0.39 is 5.82 Å². The van der Waals surface area contributed by atoms with Crippen LogP contribution >= 0.6 is 0 Å². The highest BCUT2D eigenvalue weighted by atomic mass is 19.1. The zero-order chi connectivity index (χ0) is 13.4. The highest BCUT2D eigenvalue weighted by Crippen LogP contribution is 2.09. The molecule has 0 spiro atoms. The monoisotopic (exact) mass is 249 g/mol. The van der Waals surface area contributed by atoms with Crippen LogP contribution in [0, 0.1) is 18.2 Å². The zero-order valence-corrected chi connectivity index (χ0v) is 9.99. The van der Waals surface area contributed by atoms with E-state index in [0.717, 1.165) is 18.5 Å². The first-order chi connectivity index (χ1) is 8.67. The summed E-state index contributed by atoms with van der Waals surface area (Å²) in [5.41, 5.74) is 6.51. The van der Waals surface area contributed by atoms with Crippen molar-refractivity contribution in [3.8, 4) is 12.3 Å². The van der Waals surface area contributed by atoms with Crippen molar-refractivity contribution in [1.82, 2.24) is 5.32 Å². The fourth-order valence-corrected chi connectivity index (χ4v) is 1.51. The van der Waals surface area contributed by atoms with Crippen LogP contribution in [-0.4, -0.2) is 17.6 Å². The zero-order valence-electron chi connectivity index (χ0n) is 9.99. The quantitative estimate of drug-likeness (QED) is 0.178. The van der Waals surface area contributed by atoms with Gasteiger partial charge in [0.2, 0.25) is 0 Å². The third-order valence-electron chi connectivity index (χ3n) is 2.36. The molecular formula is C13H16FN3O. The minimum absolute atomic E-state index is 0.108. The number of oxime groups is 1. The molecule has 4 nitrogen and oxygen atoms in total. The average Bonchev–Trinajstić information content (AvgIpc) is 2.37. The highest BCUT2D eigenvalue weighted by molar-refractivity contribution is 5.97. The summed E-state index contributed by atoms with van der Waals surface area (Å²) in [6, 6.07) is 4.30. The second-order valence-electron chi connectivity index (χ2n) is 3.82. The number of terminal acetylenes is 1. The van der Waals surface area contributed by atoms with E-state index >= 15 is 0 Å². The van der Waals surface area contributed by atoms with Crippen LogP contribution in [0.5, 0.6) is 0 Å². The number of hydrogen-bond donors (Lipinski definition) is 3. The topological polar surface area (TPSA) is 70.6 Å². The first-order valence-corrected chi connectivity index (χ1v) is 5.59. The Hall–Kier alpha value is -2.06. The predicted octanol–water partition coefficient (Wildman–Crippen LogP) is 1.42. The van der Waals surface area contributed by atoms with Crippen molar-refractivity contribution < 1.29 is 9.60 Å². The normalized spacial score (nSPS) is 11.2. The molecule has 0 heterocycles. The molecule has 0 atom stereocenters. The van der Waals surface area contributed by atoms with Gasteiger partial charge in [0.25, 0.3) is 0 Å². The molecule has 5 heteroatoms. The highest BCUT2D eigenvalue weighted by Gasteiger charge is 2.04. The molecule has 0 fully saturated rings. The summed E-state index contributed by atoms with van der Waals surface area (Å²) in [6.07, 6.45) is 6.72. The molecule has 0 saturated heterocycles. The van der Waals surface area contributed by atoms with Gasteiger partial charge in [0, 0.05) is 18.5 Å². The molecule has 4 N–H and O–H groups in total. The number of unbranched alkanes of at least 4 members (excludes halogenated alkanes) is 1. The third-order valence-corrected chi connectivity index (χ3v) is 2.36. The number of rotatable bonds is 6. The molecule has 0 unspecified atom stereocenters. The smallest absolute Gasteiger partial charge is 0.170 e. The molecule has 1 aromatic rings. The Morgan fingerprint density at radius 2 is 2.28 bits per heavy atom. The molecule has 0 aliphatic heterocycles. The number of nitrogens with zero attached hydrogens (tertiary/aromatic N) is 1. The lowest BCUT2D eigenvalue weighted by Gasteiger charge is -2.06. The number of benzene rings is 1. The van der Waals surface area contributed by atoms with Crippen molar-refractivity contribution in [1.29, 1.82) is 0 Å². The van der Waals surface area contributed by atoms with Crippen molar-refractivity contribution >= 4 is 5.84 Å². The molecule has 1 aromatic carbocycles. The Bertz CT molecular complexity index is 466. The average molecular weight is 249 g/mol. The molecule has 0 saturated carbocycles. The van der Waals surface area contributed by atoms with Crippen LogP contribution < -0.4 is 11.1 Å². The Morgan fingerprint density at radius 1 is 1.50 bits per heavy atom. The SMILES string of the molecule is C#CCCCNCc1cc(F)cc(/C(N)=N\O)c1. The Kier molecular flexibility index (Phi) is 5.68. The number of nitrogens with one attached hydrogen (secondary N) is 1. The third kappa shape index (κ3) is 4.44. The lowest BCUT2D eigenvalue weighted by Crippen LogP contribution is -2.17. The van der Waals surface area contributed by atoms with Gasteiger partial charge >= 0.3 is 0 Å². The van der Waals surface area contributed by atoms with E-state index in [1.807, 2.05) is 0 Å². The van der Waals surface area contributed by atoms with Gasteiger partial charge < -0.3 is 16.3 Å². The molecule has 0 amide bonds. The van der Waals surface area contributed by atoms with Crippen LogP contribution in [0.1, 0.15) is 24.0 Å². The summed E-state index contributed by atoms with van der Waals surface area (Å²) in [5, 5.41) is 14.5. The van der Waals surface area contributed by atoms with Gasteiger partial charge in [-0.3, -0.25) is 0 Å². The fraction of sp³-hybridized carbons (Fsp3) is 0.308. The van der Waals surface area contributed by atoms with Gasteiger partial charge in [0.15, 0.2) is 5.84 Å². The summed E-state index contributed by atoms with van der Waals surface area (Å²) >= 11 is 0. The molecule has 1 rings (SSSR count). The van der Waals surface area contributed by atoms with Crippen molar-refractivity contribution in [2.24, 2.45) is 10.9 Å². The van der Waals surface area contributed by atoms with E-state index in [9.17, 15) is 4.39 Å². The molecule has 0 bridgehead atoms. The largest absolute Gasteiger partial charge is 0.409 e. The fourth-order valence-electron chi connectivity index (χ4n) is 1.51. The lowest BCUT2D eigenvalue weighted by molar-refractivity contribution is 0.318.